The van der Waals surface area contributed by atoms with Crippen LogP contribution in [-0.2, 0) is 6.18 Å². The summed E-state index contributed by atoms with van der Waals surface area (Å²) in [5.41, 5.74) is 6.48. The molecule has 0 aliphatic rings. The molecule has 3 rings (SSSR count). The van der Waals surface area contributed by atoms with Crippen molar-refractivity contribution in [3.63, 3.8) is 0 Å². The normalized spacial score (nSPS) is 11.8. The molecule has 1 amide bonds. The standard InChI is InChI=1S/C15H10F3N3O/c16-15(17,18)10-3-1-2-8(6-10)9-4-5-11-12(7-9)21-14(20-11)13(19)22/h1-7H,(H2,19,22)(H,20,21). The number of alkyl halides is 3. The number of hydrogen-bond donors (Lipinski definition) is 2. The van der Waals surface area contributed by atoms with Crippen LogP contribution >= 0.6 is 0 Å². The number of nitrogens with zero attached hydrogens (tertiary/aromatic N) is 1. The van der Waals surface area contributed by atoms with Crippen molar-refractivity contribution in [1.29, 1.82) is 0 Å². The van der Waals surface area contributed by atoms with E-state index in [1.54, 1.807) is 24.3 Å². The molecule has 0 radical (unpaired) electrons. The molecular weight excluding hydrogens is 295 g/mol. The molecule has 3 N–H and O–H groups in total. The molecule has 112 valence electrons. The lowest BCUT2D eigenvalue weighted by Crippen LogP contribution is -2.12. The van der Waals surface area contributed by atoms with Crippen molar-refractivity contribution in [3.05, 3.63) is 53.9 Å². The summed E-state index contributed by atoms with van der Waals surface area (Å²) in [6.45, 7) is 0. The smallest absolute Gasteiger partial charge is 0.363 e. The van der Waals surface area contributed by atoms with E-state index in [4.69, 9.17) is 5.73 Å². The third-order valence-corrected chi connectivity index (χ3v) is 3.24. The number of fused-ring (bicyclic) bond motifs is 1. The topological polar surface area (TPSA) is 71.8 Å². The van der Waals surface area contributed by atoms with Crippen LogP contribution in [0.25, 0.3) is 22.2 Å². The zero-order valence-corrected chi connectivity index (χ0v) is 11.1. The van der Waals surface area contributed by atoms with E-state index < -0.39 is 17.6 Å². The Morgan fingerprint density at radius 1 is 1.09 bits per heavy atom. The molecule has 0 aliphatic heterocycles. The first-order valence-electron chi connectivity index (χ1n) is 6.32. The van der Waals surface area contributed by atoms with Gasteiger partial charge in [-0.25, -0.2) is 4.98 Å². The zero-order chi connectivity index (χ0) is 15.9. The van der Waals surface area contributed by atoms with E-state index in [-0.39, 0.29) is 5.82 Å². The van der Waals surface area contributed by atoms with Crippen LogP contribution < -0.4 is 5.73 Å². The van der Waals surface area contributed by atoms with Crippen LogP contribution in [0.1, 0.15) is 16.2 Å². The molecular formula is C15H10F3N3O. The number of H-pyrrole nitrogens is 1. The molecule has 0 atom stereocenters. The van der Waals surface area contributed by atoms with Gasteiger partial charge in [-0.15, -0.1) is 0 Å². The maximum absolute atomic E-state index is 12.8. The number of carbonyl (C=O) groups excluding carboxylic acids is 1. The molecule has 1 aromatic heterocycles. The summed E-state index contributed by atoms with van der Waals surface area (Å²) in [4.78, 5) is 17.8. The van der Waals surface area contributed by atoms with Crippen LogP contribution in [-0.4, -0.2) is 15.9 Å². The highest BCUT2D eigenvalue weighted by atomic mass is 19.4. The second-order valence-electron chi connectivity index (χ2n) is 4.76. The Balaban J connectivity index is 2.08. The van der Waals surface area contributed by atoms with Gasteiger partial charge in [-0.05, 0) is 35.4 Å². The van der Waals surface area contributed by atoms with Crippen molar-refractivity contribution in [2.45, 2.75) is 6.18 Å². The van der Waals surface area contributed by atoms with Crippen LogP contribution in [0.5, 0.6) is 0 Å². The van der Waals surface area contributed by atoms with Gasteiger partial charge in [0.15, 0.2) is 5.82 Å². The number of halogens is 3. The van der Waals surface area contributed by atoms with E-state index >= 15 is 0 Å². The average Bonchev–Trinajstić information content (AvgIpc) is 2.89. The Kier molecular flexibility index (Phi) is 3.13. The number of primary amides is 1. The number of nitrogens with one attached hydrogen (secondary N) is 1. The van der Waals surface area contributed by atoms with E-state index in [1.165, 1.54) is 6.07 Å². The van der Waals surface area contributed by atoms with Gasteiger partial charge in [0.25, 0.3) is 5.91 Å². The molecule has 0 spiro atoms. The quantitative estimate of drug-likeness (QED) is 0.762. The summed E-state index contributed by atoms with van der Waals surface area (Å²) in [5, 5.41) is 0. The number of carbonyl (C=O) groups is 1. The maximum Gasteiger partial charge on any atom is 0.416 e. The Morgan fingerprint density at radius 3 is 2.50 bits per heavy atom. The monoisotopic (exact) mass is 305 g/mol. The summed E-state index contributed by atoms with van der Waals surface area (Å²) in [6.07, 6.45) is -4.40. The molecule has 4 nitrogen and oxygen atoms in total. The summed E-state index contributed by atoms with van der Waals surface area (Å²) in [5.74, 6) is -0.687. The van der Waals surface area contributed by atoms with Crippen molar-refractivity contribution in [3.8, 4) is 11.1 Å². The SMILES string of the molecule is NC(=O)c1nc2ccc(-c3cccc(C(F)(F)F)c3)cc2[nH]1. The predicted octanol–water partition coefficient (Wildman–Crippen LogP) is 3.35. The lowest BCUT2D eigenvalue weighted by atomic mass is 10.0. The van der Waals surface area contributed by atoms with Gasteiger partial charge < -0.3 is 10.7 Å². The first-order chi connectivity index (χ1) is 10.3. The number of rotatable bonds is 2. The number of benzene rings is 2. The Hall–Kier alpha value is -2.83. The van der Waals surface area contributed by atoms with E-state index in [0.29, 0.717) is 22.2 Å². The van der Waals surface area contributed by atoms with Gasteiger partial charge in [0.2, 0.25) is 0 Å². The van der Waals surface area contributed by atoms with Crippen molar-refractivity contribution < 1.29 is 18.0 Å². The maximum atomic E-state index is 12.8. The van der Waals surface area contributed by atoms with Gasteiger partial charge >= 0.3 is 6.18 Å². The second-order valence-corrected chi connectivity index (χ2v) is 4.76. The lowest BCUT2D eigenvalue weighted by Gasteiger charge is -2.08. The predicted molar refractivity (Wildman–Crippen MR) is 75.0 cm³/mol. The number of aromatic nitrogens is 2. The third-order valence-electron chi connectivity index (χ3n) is 3.24. The number of amides is 1. The molecule has 2 aromatic carbocycles. The summed E-state index contributed by atoms with van der Waals surface area (Å²) < 4.78 is 38.3. The summed E-state index contributed by atoms with van der Waals surface area (Å²) in [6, 6.07) is 9.92. The Morgan fingerprint density at radius 2 is 1.82 bits per heavy atom. The first kappa shape index (κ1) is 14.1. The molecule has 7 heteroatoms. The Bertz CT molecular complexity index is 868. The highest BCUT2D eigenvalue weighted by Crippen LogP contribution is 2.32. The van der Waals surface area contributed by atoms with Crippen LogP contribution in [0.2, 0.25) is 0 Å². The Labute approximate surface area is 122 Å². The van der Waals surface area contributed by atoms with Crippen LogP contribution in [0.3, 0.4) is 0 Å². The minimum Gasteiger partial charge on any atom is -0.363 e. The van der Waals surface area contributed by atoms with E-state index in [0.717, 1.165) is 12.1 Å². The van der Waals surface area contributed by atoms with Crippen LogP contribution in [0.4, 0.5) is 13.2 Å². The fourth-order valence-corrected chi connectivity index (χ4v) is 2.18. The molecule has 0 aliphatic carbocycles. The van der Waals surface area contributed by atoms with Gasteiger partial charge in [-0.3, -0.25) is 4.79 Å². The van der Waals surface area contributed by atoms with E-state index in [1.807, 2.05) is 0 Å². The number of nitrogens with two attached hydrogens (primary N) is 1. The highest BCUT2D eigenvalue weighted by molar-refractivity contribution is 5.93. The molecule has 3 aromatic rings. The van der Waals surface area contributed by atoms with Gasteiger partial charge in [-0.2, -0.15) is 13.2 Å². The van der Waals surface area contributed by atoms with E-state index in [9.17, 15) is 18.0 Å². The number of aromatic amines is 1. The van der Waals surface area contributed by atoms with Gasteiger partial charge in [0.05, 0.1) is 16.6 Å². The van der Waals surface area contributed by atoms with Crippen molar-refractivity contribution >= 4 is 16.9 Å². The van der Waals surface area contributed by atoms with Gasteiger partial charge in [0, 0.05) is 0 Å². The van der Waals surface area contributed by atoms with Crippen LogP contribution in [0.15, 0.2) is 42.5 Å². The lowest BCUT2D eigenvalue weighted by molar-refractivity contribution is -0.137. The van der Waals surface area contributed by atoms with Crippen LogP contribution in [0, 0.1) is 0 Å². The molecule has 0 bridgehead atoms. The van der Waals surface area contributed by atoms with Crippen molar-refractivity contribution in [2.24, 2.45) is 5.73 Å². The fraction of sp³-hybridized carbons (Fsp3) is 0.0667. The third kappa shape index (κ3) is 2.52. The number of hydrogen-bond acceptors (Lipinski definition) is 2. The molecule has 1 heterocycles. The van der Waals surface area contributed by atoms with Gasteiger partial charge in [0.1, 0.15) is 0 Å². The first-order valence-corrected chi connectivity index (χ1v) is 6.32. The minimum absolute atomic E-state index is 0.0104. The molecule has 0 unspecified atom stereocenters. The second kappa shape index (κ2) is 4.87. The number of imidazole rings is 1. The molecule has 22 heavy (non-hydrogen) atoms. The van der Waals surface area contributed by atoms with Crippen molar-refractivity contribution in [2.75, 3.05) is 0 Å². The average molecular weight is 305 g/mol. The highest BCUT2D eigenvalue weighted by Gasteiger charge is 2.30. The van der Waals surface area contributed by atoms with E-state index in [2.05, 4.69) is 9.97 Å². The summed E-state index contributed by atoms with van der Waals surface area (Å²) in [7, 11) is 0. The largest absolute Gasteiger partial charge is 0.416 e. The summed E-state index contributed by atoms with van der Waals surface area (Å²) >= 11 is 0. The molecule has 0 saturated carbocycles. The van der Waals surface area contributed by atoms with Gasteiger partial charge in [-0.1, -0.05) is 18.2 Å². The zero-order valence-electron chi connectivity index (χ0n) is 11.1. The fourth-order valence-electron chi connectivity index (χ4n) is 2.18. The van der Waals surface area contributed by atoms with Crippen molar-refractivity contribution in [1.82, 2.24) is 9.97 Å². The minimum atomic E-state index is -4.40. The molecule has 0 fully saturated rings. The molecule has 0 saturated heterocycles.